The summed E-state index contributed by atoms with van der Waals surface area (Å²) in [5.41, 5.74) is -0.0388. The molecule has 1 unspecified atom stereocenters. The zero-order chi connectivity index (χ0) is 26.2. The van der Waals surface area contributed by atoms with Crippen LogP contribution in [0, 0.1) is 0 Å². The van der Waals surface area contributed by atoms with Gasteiger partial charge in [-0.3, -0.25) is 10.2 Å². The molecule has 2 amide bonds. The van der Waals surface area contributed by atoms with Gasteiger partial charge in [0.1, 0.15) is 12.7 Å². The SMILES string of the molecule is O=C(Nc1ncc(OC[C@H](O)CO)cn1)N1c2nc(-c3cccc(C(F)(F)F)c3)ncc2N2CCC1C2. The van der Waals surface area contributed by atoms with E-state index in [2.05, 4.69) is 25.3 Å². The number of aromatic nitrogens is 4. The molecule has 2 bridgehead atoms. The van der Waals surface area contributed by atoms with Crippen molar-refractivity contribution in [1.82, 2.24) is 19.9 Å². The molecule has 2 atom stereocenters. The highest BCUT2D eigenvalue weighted by atomic mass is 19.4. The number of hydrogen-bond donors (Lipinski definition) is 3. The molecule has 2 aliphatic heterocycles. The van der Waals surface area contributed by atoms with E-state index in [1.165, 1.54) is 35.6 Å². The Hall–Kier alpha value is -4.04. The minimum atomic E-state index is -4.51. The van der Waals surface area contributed by atoms with Crippen molar-refractivity contribution in [3.8, 4) is 17.1 Å². The van der Waals surface area contributed by atoms with Crippen molar-refractivity contribution in [3.63, 3.8) is 0 Å². The number of nitrogens with one attached hydrogen (secondary N) is 1. The van der Waals surface area contributed by atoms with Crippen LogP contribution in [0.25, 0.3) is 11.4 Å². The van der Waals surface area contributed by atoms with Crippen LogP contribution in [-0.2, 0) is 6.18 Å². The molecule has 1 aromatic carbocycles. The van der Waals surface area contributed by atoms with Gasteiger partial charge in [-0.25, -0.2) is 24.7 Å². The van der Waals surface area contributed by atoms with Gasteiger partial charge >= 0.3 is 12.2 Å². The van der Waals surface area contributed by atoms with Crippen molar-refractivity contribution in [1.29, 1.82) is 0 Å². The first-order valence-electron chi connectivity index (χ1n) is 11.4. The number of urea groups is 1. The van der Waals surface area contributed by atoms with Crippen molar-refractivity contribution in [3.05, 3.63) is 48.4 Å². The minimum absolute atomic E-state index is 0.00538. The minimum Gasteiger partial charge on any atom is -0.488 e. The van der Waals surface area contributed by atoms with Crippen molar-refractivity contribution in [2.45, 2.75) is 24.7 Å². The molecule has 2 aromatic heterocycles. The summed E-state index contributed by atoms with van der Waals surface area (Å²) in [5.74, 6) is 0.576. The van der Waals surface area contributed by atoms with Crippen LogP contribution in [0.5, 0.6) is 5.75 Å². The second kappa shape index (κ2) is 9.78. The number of halogens is 3. The molecule has 0 saturated carbocycles. The number of amides is 2. The van der Waals surface area contributed by atoms with Crippen molar-refractivity contribution in [2.24, 2.45) is 0 Å². The molecule has 3 N–H and O–H groups in total. The molecule has 4 heterocycles. The fourth-order valence-electron chi connectivity index (χ4n) is 4.20. The molecule has 0 radical (unpaired) electrons. The lowest BCUT2D eigenvalue weighted by Gasteiger charge is -2.35. The molecular formula is C23H22F3N7O4. The fourth-order valence-corrected chi connectivity index (χ4v) is 4.20. The van der Waals surface area contributed by atoms with E-state index in [-0.39, 0.29) is 41.6 Å². The van der Waals surface area contributed by atoms with Gasteiger partial charge in [0.2, 0.25) is 5.95 Å². The number of carbonyl (C=O) groups is 1. The number of ether oxygens (including phenoxy) is 1. The summed E-state index contributed by atoms with van der Waals surface area (Å²) >= 11 is 0. The van der Waals surface area contributed by atoms with Gasteiger partial charge < -0.3 is 19.8 Å². The van der Waals surface area contributed by atoms with Crippen LogP contribution >= 0.6 is 0 Å². The maximum Gasteiger partial charge on any atom is 0.416 e. The van der Waals surface area contributed by atoms with Crippen molar-refractivity contribution < 1.29 is 32.9 Å². The number of anilines is 3. The predicted octanol–water partition coefficient (Wildman–Crippen LogP) is 2.32. The van der Waals surface area contributed by atoms with Crippen LogP contribution in [0.2, 0.25) is 0 Å². The Labute approximate surface area is 208 Å². The van der Waals surface area contributed by atoms with E-state index in [0.717, 1.165) is 12.1 Å². The van der Waals surface area contributed by atoms with E-state index in [4.69, 9.17) is 9.84 Å². The number of alkyl halides is 3. The molecule has 2 aliphatic rings. The van der Waals surface area contributed by atoms with E-state index in [9.17, 15) is 23.1 Å². The first-order chi connectivity index (χ1) is 17.7. The monoisotopic (exact) mass is 517 g/mol. The van der Waals surface area contributed by atoms with Crippen LogP contribution in [0.1, 0.15) is 12.0 Å². The van der Waals surface area contributed by atoms with Crippen LogP contribution in [0.4, 0.5) is 35.4 Å². The molecule has 1 fully saturated rings. The molecule has 5 rings (SSSR count). The molecule has 1 saturated heterocycles. The molecule has 3 aromatic rings. The molecule has 14 heteroatoms. The average molecular weight is 517 g/mol. The standard InChI is InChI=1S/C23H22F3N7O4/c24-23(25,26)14-3-1-2-13(6-14)19-27-9-18-20(30-19)33(15-4-5-32(18)10-15)22(36)31-21-28-7-17(8-29-21)37-12-16(35)11-34/h1-3,6-9,15-16,34-35H,4-5,10-12H2,(H,28,29,31,36)/t15?,16-/m1/s1. The summed E-state index contributed by atoms with van der Waals surface area (Å²) in [6.45, 7) is 0.635. The lowest BCUT2D eigenvalue weighted by atomic mass is 10.1. The number of benzene rings is 1. The highest BCUT2D eigenvalue weighted by Crippen LogP contribution is 2.40. The second-order valence-electron chi connectivity index (χ2n) is 8.56. The van der Waals surface area contributed by atoms with Crippen LogP contribution in [0.15, 0.2) is 42.9 Å². The van der Waals surface area contributed by atoms with Gasteiger partial charge in [0.15, 0.2) is 17.4 Å². The van der Waals surface area contributed by atoms with Gasteiger partial charge in [-0.1, -0.05) is 12.1 Å². The normalized spacial score (nSPS) is 17.4. The van der Waals surface area contributed by atoms with Crippen molar-refractivity contribution in [2.75, 3.05) is 41.4 Å². The molecule has 194 valence electrons. The number of hydrogen-bond acceptors (Lipinski definition) is 9. The Bertz CT molecular complexity index is 1290. The Morgan fingerprint density at radius 3 is 2.73 bits per heavy atom. The Kier molecular flexibility index (Phi) is 6.52. The van der Waals surface area contributed by atoms with E-state index >= 15 is 0 Å². The molecule has 37 heavy (non-hydrogen) atoms. The Morgan fingerprint density at radius 1 is 1.22 bits per heavy atom. The first-order valence-corrected chi connectivity index (χ1v) is 11.4. The predicted molar refractivity (Wildman–Crippen MR) is 125 cm³/mol. The number of aliphatic hydroxyl groups excluding tert-OH is 2. The summed E-state index contributed by atoms with van der Waals surface area (Å²) in [7, 11) is 0. The number of carbonyl (C=O) groups excluding carboxylic acids is 1. The maximum absolute atomic E-state index is 13.3. The summed E-state index contributed by atoms with van der Waals surface area (Å²) in [6, 6.07) is 3.95. The van der Waals surface area contributed by atoms with Crippen LogP contribution in [-0.4, -0.2) is 74.6 Å². The summed E-state index contributed by atoms with van der Waals surface area (Å²) in [5, 5.41) is 20.8. The van der Waals surface area contributed by atoms with Crippen LogP contribution in [0.3, 0.4) is 0 Å². The van der Waals surface area contributed by atoms with Gasteiger partial charge in [-0.2, -0.15) is 13.2 Å². The molecular weight excluding hydrogens is 495 g/mol. The van der Waals surface area contributed by atoms with E-state index in [1.807, 2.05) is 4.90 Å². The maximum atomic E-state index is 13.3. The van der Waals surface area contributed by atoms with Gasteiger partial charge in [0, 0.05) is 18.7 Å². The number of fused-ring (bicyclic) bond motifs is 4. The topological polar surface area (TPSA) is 137 Å². The summed E-state index contributed by atoms with van der Waals surface area (Å²) in [4.78, 5) is 33.7. The van der Waals surface area contributed by atoms with Gasteiger partial charge in [-0.15, -0.1) is 0 Å². The molecule has 0 spiro atoms. The third kappa shape index (κ3) is 5.11. The zero-order valence-electron chi connectivity index (χ0n) is 19.3. The zero-order valence-corrected chi connectivity index (χ0v) is 19.3. The highest BCUT2D eigenvalue weighted by molar-refractivity contribution is 6.03. The summed E-state index contributed by atoms with van der Waals surface area (Å²) in [6.07, 6.45) is -0.760. The number of aliphatic hydroxyl groups is 2. The molecule has 11 nitrogen and oxygen atoms in total. The van der Waals surface area contributed by atoms with Gasteiger partial charge in [-0.05, 0) is 18.6 Å². The largest absolute Gasteiger partial charge is 0.488 e. The Morgan fingerprint density at radius 2 is 2.00 bits per heavy atom. The van der Waals surface area contributed by atoms with Crippen LogP contribution < -0.4 is 19.9 Å². The summed E-state index contributed by atoms with van der Waals surface area (Å²) < 4.78 is 44.9. The number of rotatable bonds is 6. The lowest BCUT2D eigenvalue weighted by molar-refractivity contribution is -0.137. The highest BCUT2D eigenvalue weighted by Gasteiger charge is 2.41. The smallest absolute Gasteiger partial charge is 0.416 e. The first kappa shape index (κ1) is 24.6. The third-order valence-corrected chi connectivity index (χ3v) is 6.01. The van der Waals surface area contributed by atoms with Gasteiger partial charge in [0.25, 0.3) is 0 Å². The number of nitrogens with zero attached hydrogens (tertiary/aromatic N) is 6. The Balaban J connectivity index is 1.39. The van der Waals surface area contributed by atoms with E-state index in [1.54, 1.807) is 0 Å². The van der Waals surface area contributed by atoms with Gasteiger partial charge in [0.05, 0.1) is 42.5 Å². The van der Waals surface area contributed by atoms with E-state index in [0.29, 0.717) is 25.2 Å². The third-order valence-electron chi connectivity index (χ3n) is 6.01. The quantitative estimate of drug-likeness (QED) is 0.450. The average Bonchev–Trinajstić information content (AvgIpc) is 3.31. The van der Waals surface area contributed by atoms with E-state index < -0.39 is 30.5 Å². The fraction of sp³-hybridized carbons (Fsp3) is 0.348. The molecule has 0 aliphatic carbocycles. The lowest BCUT2D eigenvalue weighted by Crippen LogP contribution is -2.48. The second-order valence-corrected chi connectivity index (χ2v) is 8.56. The van der Waals surface area contributed by atoms with Crippen molar-refractivity contribution >= 4 is 23.5 Å².